The number of hydrogen-bond donors (Lipinski definition) is 1. The number of nitrogens with zero attached hydrogens (tertiary/aromatic N) is 2. The van der Waals surface area contributed by atoms with Crippen molar-refractivity contribution in [3.8, 4) is 0 Å². The summed E-state index contributed by atoms with van der Waals surface area (Å²) in [5.41, 5.74) is 5.37. The molecule has 130 valence electrons. The van der Waals surface area contributed by atoms with Crippen molar-refractivity contribution in [3.05, 3.63) is 53.2 Å². The highest BCUT2D eigenvalue weighted by molar-refractivity contribution is 7.99. The molecule has 0 amide bonds. The van der Waals surface area contributed by atoms with Crippen molar-refractivity contribution in [2.24, 2.45) is 0 Å². The molecule has 3 heterocycles. The Morgan fingerprint density at radius 2 is 1.96 bits per heavy atom. The Hall–Kier alpha value is -1.78. The zero-order chi connectivity index (χ0) is 17.4. The molecule has 2 aliphatic rings. The number of hydrogen-bond acceptors (Lipinski definition) is 3. The van der Waals surface area contributed by atoms with E-state index in [-0.39, 0.29) is 0 Å². The van der Waals surface area contributed by atoms with Crippen LogP contribution >= 0.6 is 11.8 Å². The number of fused-ring (bicyclic) bond motifs is 2. The van der Waals surface area contributed by atoms with Gasteiger partial charge in [-0.1, -0.05) is 37.7 Å². The summed E-state index contributed by atoms with van der Waals surface area (Å²) in [4.78, 5) is 10.1. The average molecular weight is 353 g/mol. The van der Waals surface area contributed by atoms with Crippen LogP contribution in [-0.4, -0.2) is 43.1 Å². The first kappa shape index (κ1) is 16.7. The first-order valence-electron chi connectivity index (χ1n) is 9.17. The lowest BCUT2D eigenvalue weighted by Gasteiger charge is -2.34. The van der Waals surface area contributed by atoms with Crippen molar-refractivity contribution in [2.75, 3.05) is 33.2 Å². The molecule has 4 heteroatoms. The summed E-state index contributed by atoms with van der Waals surface area (Å²) >= 11 is 1.80. The molecule has 25 heavy (non-hydrogen) atoms. The third kappa shape index (κ3) is 3.33. The molecule has 3 nitrogen and oxygen atoms in total. The van der Waals surface area contributed by atoms with Crippen LogP contribution in [0.5, 0.6) is 0 Å². The van der Waals surface area contributed by atoms with Crippen molar-refractivity contribution in [1.82, 2.24) is 9.88 Å². The second-order valence-corrected chi connectivity index (χ2v) is 8.41. The maximum Gasteiger partial charge on any atom is 0.108 e. The van der Waals surface area contributed by atoms with Gasteiger partial charge in [-0.25, -0.2) is 4.98 Å². The predicted molar refractivity (Wildman–Crippen MR) is 105 cm³/mol. The molecule has 0 unspecified atom stereocenters. The van der Waals surface area contributed by atoms with E-state index in [0.29, 0.717) is 5.92 Å². The van der Waals surface area contributed by atoms with Gasteiger partial charge in [0.1, 0.15) is 5.03 Å². The highest BCUT2D eigenvalue weighted by Gasteiger charge is 2.25. The van der Waals surface area contributed by atoms with Crippen LogP contribution in [0.15, 0.2) is 46.5 Å². The molecule has 0 radical (unpaired) electrons. The summed E-state index contributed by atoms with van der Waals surface area (Å²) in [5.74, 6) is 0.539. The van der Waals surface area contributed by atoms with Gasteiger partial charge in [0.05, 0.1) is 33.2 Å². The summed E-state index contributed by atoms with van der Waals surface area (Å²) in [6, 6.07) is 11.2. The Morgan fingerprint density at radius 1 is 1.16 bits per heavy atom. The summed E-state index contributed by atoms with van der Waals surface area (Å²) < 4.78 is 0. The zero-order valence-corrected chi connectivity index (χ0v) is 16.1. The number of quaternary nitrogens is 1. The van der Waals surface area contributed by atoms with E-state index in [1.807, 2.05) is 12.3 Å². The molecule has 1 N–H and O–H groups in total. The topological polar surface area (TPSA) is 20.6 Å². The van der Waals surface area contributed by atoms with Crippen LogP contribution in [0.4, 0.5) is 0 Å². The fourth-order valence-corrected chi connectivity index (χ4v) is 4.49. The third-order valence-electron chi connectivity index (χ3n) is 5.20. The standard InChI is InChI=1S/C21H25N3S/c1-15(2)16-6-7-20-18(13-16)19(24-11-9-23(3)10-12-24)14-17-5-4-8-22-21(17)25-20/h4-8,13-15H,9-12H2,1-3H3/p+1. The normalized spacial score (nSPS) is 17.8. The van der Waals surface area contributed by atoms with Gasteiger partial charge >= 0.3 is 0 Å². The molecule has 2 aromatic rings. The van der Waals surface area contributed by atoms with E-state index in [4.69, 9.17) is 0 Å². The van der Waals surface area contributed by atoms with E-state index < -0.39 is 0 Å². The average Bonchev–Trinajstić information content (AvgIpc) is 2.78. The van der Waals surface area contributed by atoms with Gasteiger partial charge in [0.25, 0.3) is 0 Å². The number of rotatable bonds is 2. The molecule has 1 aromatic carbocycles. The van der Waals surface area contributed by atoms with Crippen LogP contribution in [0.1, 0.15) is 36.5 Å². The minimum Gasteiger partial charge on any atom is -0.360 e. The van der Waals surface area contributed by atoms with Crippen LogP contribution in [0.2, 0.25) is 0 Å². The highest BCUT2D eigenvalue weighted by atomic mass is 32.2. The number of pyridine rings is 1. The van der Waals surface area contributed by atoms with E-state index in [9.17, 15) is 0 Å². The van der Waals surface area contributed by atoms with Crippen molar-refractivity contribution >= 4 is 23.5 Å². The molecule has 2 aliphatic heterocycles. The smallest absolute Gasteiger partial charge is 0.108 e. The fraction of sp³-hybridized carbons (Fsp3) is 0.381. The molecule has 1 fully saturated rings. The fourth-order valence-electron chi connectivity index (χ4n) is 3.51. The molecule has 0 spiro atoms. The van der Waals surface area contributed by atoms with Gasteiger partial charge in [0.2, 0.25) is 0 Å². The lowest BCUT2D eigenvalue weighted by Crippen LogP contribution is -3.11. The molecule has 0 aliphatic carbocycles. The number of aromatic nitrogens is 1. The summed E-state index contributed by atoms with van der Waals surface area (Å²) in [6.07, 6.45) is 4.25. The molecule has 0 atom stereocenters. The van der Waals surface area contributed by atoms with E-state index in [0.717, 1.165) is 18.1 Å². The Labute approximate surface area is 154 Å². The van der Waals surface area contributed by atoms with Gasteiger partial charge in [0.15, 0.2) is 0 Å². The van der Waals surface area contributed by atoms with Gasteiger partial charge in [-0.05, 0) is 35.8 Å². The quantitative estimate of drug-likeness (QED) is 0.897. The molecule has 1 aromatic heterocycles. The van der Waals surface area contributed by atoms with Crippen LogP contribution in [0, 0.1) is 0 Å². The second-order valence-electron chi connectivity index (χ2n) is 7.38. The highest BCUT2D eigenvalue weighted by Crippen LogP contribution is 2.41. The van der Waals surface area contributed by atoms with Gasteiger partial charge in [-0.3, -0.25) is 0 Å². The van der Waals surface area contributed by atoms with E-state index in [1.165, 1.54) is 40.4 Å². The Morgan fingerprint density at radius 3 is 2.72 bits per heavy atom. The SMILES string of the molecule is CC(C)c1ccc2c(c1)C(N1CC[NH+](C)CC1)=Cc1cccnc1S2. The molecular formula is C21H26N3S+. The van der Waals surface area contributed by atoms with Gasteiger partial charge in [-0.2, -0.15) is 0 Å². The van der Waals surface area contributed by atoms with Gasteiger partial charge in [0, 0.05) is 27.9 Å². The Kier molecular flexibility index (Phi) is 4.57. The number of nitrogens with one attached hydrogen (secondary N) is 1. The zero-order valence-electron chi connectivity index (χ0n) is 15.2. The summed E-state index contributed by atoms with van der Waals surface area (Å²) in [6.45, 7) is 9.16. The maximum atomic E-state index is 4.62. The molecule has 0 saturated carbocycles. The lowest BCUT2D eigenvalue weighted by molar-refractivity contribution is -0.883. The van der Waals surface area contributed by atoms with Crippen LogP contribution in [0.3, 0.4) is 0 Å². The van der Waals surface area contributed by atoms with E-state index in [2.05, 4.69) is 61.1 Å². The molecular weight excluding hydrogens is 326 g/mol. The minimum atomic E-state index is 0.539. The number of likely N-dealkylation sites (N-methyl/N-ethyl adjacent to an activating group) is 1. The number of benzene rings is 1. The third-order valence-corrected chi connectivity index (χ3v) is 6.31. The maximum absolute atomic E-state index is 4.62. The monoisotopic (exact) mass is 352 g/mol. The van der Waals surface area contributed by atoms with Crippen molar-refractivity contribution in [3.63, 3.8) is 0 Å². The molecule has 1 saturated heterocycles. The largest absolute Gasteiger partial charge is 0.360 e. The van der Waals surface area contributed by atoms with Crippen LogP contribution < -0.4 is 4.90 Å². The van der Waals surface area contributed by atoms with Crippen LogP contribution in [-0.2, 0) is 0 Å². The Bertz CT molecular complexity index is 805. The number of piperazine rings is 1. The summed E-state index contributed by atoms with van der Waals surface area (Å²) in [7, 11) is 2.29. The Balaban J connectivity index is 1.84. The molecule has 0 bridgehead atoms. The van der Waals surface area contributed by atoms with Gasteiger partial charge in [-0.15, -0.1) is 0 Å². The first-order valence-corrected chi connectivity index (χ1v) is 9.98. The van der Waals surface area contributed by atoms with Crippen molar-refractivity contribution in [1.29, 1.82) is 0 Å². The van der Waals surface area contributed by atoms with E-state index in [1.54, 1.807) is 16.7 Å². The van der Waals surface area contributed by atoms with Crippen LogP contribution in [0.25, 0.3) is 11.8 Å². The van der Waals surface area contributed by atoms with Gasteiger partial charge < -0.3 is 9.80 Å². The van der Waals surface area contributed by atoms with Crippen molar-refractivity contribution < 1.29 is 4.90 Å². The van der Waals surface area contributed by atoms with Crippen molar-refractivity contribution in [2.45, 2.75) is 29.7 Å². The predicted octanol–water partition coefficient (Wildman–Crippen LogP) is 3.00. The second kappa shape index (κ2) is 6.85. The van der Waals surface area contributed by atoms with E-state index >= 15 is 0 Å². The molecule has 4 rings (SSSR count). The first-order chi connectivity index (χ1) is 12.1. The minimum absolute atomic E-state index is 0.539. The summed E-state index contributed by atoms with van der Waals surface area (Å²) in [5, 5.41) is 1.11. The lowest BCUT2D eigenvalue weighted by atomic mass is 9.98.